The maximum Gasteiger partial charge on any atom is 0.408 e. The normalized spacial score (nSPS) is 14.4. The van der Waals surface area contributed by atoms with Crippen molar-refractivity contribution < 1.29 is 27.5 Å². The van der Waals surface area contributed by atoms with Crippen molar-refractivity contribution in [2.45, 2.75) is 76.7 Å². The van der Waals surface area contributed by atoms with Gasteiger partial charge in [-0.15, -0.1) is 0 Å². The Kier molecular flexibility index (Phi) is 8.19. The zero-order chi connectivity index (χ0) is 25.2. The lowest BCUT2D eigenvalue weighted by Gasteiger charge is -2.31. The predicted molar refractivity (Wildman–Crippen MR) is 130 cm³/mol. The van der Waals surface area contributed by atoms with Crippen LogP contribution in [0.15, 0.2) is 45.8 Å². The van der Waals surface area contributed by atoms with Crippen LogP contribution in [-0.2, 0) is 24.3 Å². The van der Waals surface area contributed by atoms with Crippen LogP contribution < -0.4 is 10.0 Å². The zero-order valence-electron chi connectivity index (χ0n) is 19.9. The minimum absolute atomic E-state index is 0.0816. The highest BCUT2D eigenvalue weighted by Crippen LogP contribution is 2.23. The summed E-state index contributed by atoms with van der Waals surface area (Å²) >= 11 is 3.36. The molecule has 0 aliphatic carbocycles. The molecule has 182 valence electrons. The number of ether oxygens (including phenoxy) is 2. The van der Waals surface area contributed by atoms with Crippen molar-refractivity contribution in [2.75, 3.05) is 0 Å². The number of alkyl carbamates (subject to hydrolysis) is 1. The second-order valence-electron chi connectivity index (χ2n) is 9.68. The SMILES string of the molecule is C[C@@H](OC(C)(C)C)[C@H](NC(=O)OC(C)(C)C)C(=O)NS(=O)(=O)c1ccc2ccc(Br)cc2c1. The first-order chi connectivity index (χ1) is 15.0. The monoisotopic (exact) mass is 542 g/mol. The van der Waals surface area contributed by atoms with E-state index in [1.165, 1.54) is 12.1 Å². The number of benzene rings is 2. The van der Waals surface area contributed by atoms with Gasteiger partial charge in [-0.2, -0.15) is 0 Å². The molecule has 2 atom stereocenters. The van der Waals surface area contributed by atoms with Crippen molar-refractivity contribution in [3.63, 3.8) is 0 Å². The number of hydrogen-bond acceptors (Lipinski definition) is 6. The molecule has 0 aliphatic rings. The highest BCUT2D eigenvalue weighted by Gasteiger charge is 2.34. The summed E-state index contributed by atoms with van der Waals surface area (Å²) in [6, 6.07) is 8.70. The molecule has 2 amide bonds. The van der Waals surface area contributed by atoms with Gasteiger partial charge >= 0.3 is 6.09 Å². The summed E-state index contributed by atoms with van der Waals surface area (Å²) in [4.78, 5) is 25.3. The Hall–Kier alpha value is -2.17. The predicted octanol–water partition coefficient (Wildman–Crippen LogP) is 4.50. The van der Waals surface area contributed by atoms with Gasteiger partial charge in [0.25, 0.3) is 15.9 Å². The van der Waals surface area contributed by atoms with Crippen LogP contribution in [-0.4, -0.2) is 43.8 Å². The van der Waals surface area contributed by atoms with Gasteiger partial charge in [0.1, 0.15) is 11.6 Å². The van der Waals surface area contributed by atoms with Crippen molar-refractivity contribution >= 4 is 48.7 Å². The van der Waals surface area contributed by atoms with E-state index in [1.54, 1.807) is 60.6 Å². The number of sulfonamides is 1. The maximum atomic E-state index is 13.0. The Morgan fingerprint density at radius 3 is 2.12 bits per heavy atom. The first-order valence-corrected chi connectivity index (χ1v) is 12.7. The fraction of sp³-hybridized carbons (Fsp3) is 0.478. The Morgan fingerprint density at radius 1 is 0.939 bits per heavy atom. The van der Waals surface area contributed by atoms with E-state index in [-0.39, 0.29) is 4.90 Å². The van der Waals surface area contributed by atoms with Gasteiger partial charge in [0.2, 0.25) is 0 Å². The number of carbonyl (C=O) groups is 2. The fourth-order valence-electron chi connectivity index (χ4n) is 3.07. The first kappa shape index (κ1) is 27.1. The molecule has 0 spiro atoms. The molecule has 10 heteroatoms. The van der Waals surface area contributed by atoms with E-state index in [2.05, 4.69) is 26.0 Å². The molecule has 0 saturated heterocycles. The second-order valence-corrected chi connectivity index (χ2v) is 12.3. The Morgan fingerprint density at radius 2 is 1.55 bits per heavy atom. The minimum atomic E-state index is -4.22. The minimum Gasteiger partial charge on any atom is -0.444 e. The van der Waals surface area contributed by atoms with Crippen molar-refractivity contribution in [3.05, 3.63) is 40.9 Å². The molecule has 0 aliphatic heterocycles. The van der Waals surface area contributed by atoms with E-state index in [9.17, 15) is 18.0 Å². The van der Waals surface area contributed by atoms with Gasteiger partial charge in [0.05, 0.1) is 16.6 Å². The number of rotatable bonds is 6. The number of halogens is 1. The van der Waals surface area contributed by atoms with Crippen LogP contribution in [0.4, 0.5) is 4.79 Å². The molecular weight excluding hydrogens is 512 g/mol. The topological polar surface area (TPSA) is 111 Å². The van der Waals surface area contributed by atoms with Crippen molar-refractivity contribution in [3.8, 4) is 0 Å². The molecule has 0 unspecified atom stereocenters. The molecule has 0 aromatic heterocycles. The van der Waals surface area contributed by atoms with Gasteiger partial charge in [-0.3, -0.25) is 4.79 Å². The Bertz CT molecular complexity index is 1140. The summed E-state index contributed by atoms with van der Waals surface area (Å²) in [5.74, 6) is -0.938. The van der Waals surface area contributed by atoms with Gasteiger partial charge < -0.3 is 14.8 Å². The number of carbonyl (C=O) groups excluding carboxylic acids is 2. The standard InChI is InChI=1S/C23H31BrN2O6S/c1-14(31-22(2,3)4)19(25-21(28)32-23(5,6)7)20(27)26-33(29,30)18-11-9-15-8-10-17(24)12-16(15)13-18/h8-14,19H,1-7H3,(H,25,28)(H,26,27)/t14-,19+/m1/s1. The quantitative estimate of drug-likeness (QED) is 0.555. The average Bonchev–Trinajstić information content (AvgIpc) is 2.62. The van der Waals surface area contributed by atoms with E-state index in [0.717, 1.165) is 9.86 Å². The molecule has 8 nitrogen and oxygen atoms in total. The fourth-order valence-corrected chi connectivity index (χ4v) is 4.49. The van der Waals surface area contributed by atoms with Crippen LogP contribution in [0.5, 0.6) is 0 Å². The van der Waals surface area contributed by atoms with E-state index in [1.807, 2.05) is 12.1 Å². The Labute approximate surface area is 203 Å². The smallest absolute Gasteiger partial charge is 0.408 e. The number of nitrogens with one attached hydrogen (secondary N) is 2. The number of hydrogen-bond donors (Lipinski definition) is 2. The molecule has 0 bridgehead atoms. The highest BCUT2D eigenvalue weighted by atomic mass is 79.9. The molecular formula is C23H31BrN2O6S. The van der Waals surface area contributed by atoms with Crippen molar-refractivity contribution in [2.24, 2.45) is 0 Å². The molecule has 2 aromatic rings. The summed E-state index contributed by atoms with van der Waals surface area (Å²) in [5.41, 5.74) is -1.44. The van der Waals surface area contributed by atoms with Crippen LogP contribution in [0, 0.1) is 0 Å². The number of amides is 2. The van der Waals surface area contributed by atoms with Gasteiger partial charge in [0, 0.05) is 4.47 Å². The third-order valence-electron chi connectivity index (χ3n) is 4.28. The van der Waals surface area contributed by atoms with Gasteiger partial charge in [0.15, 0.2) is 0 Å². The molecule has 2 N–H and O–H groups in total. The largest absolute Gasteiger partial charge is 0.444 e. The molecule has 0 fully saturated rings. The third kappa shape index (κ3) is 8.28. The van der Waals surface area contributed by atoms with Crippen LogP contribution in [0.25, 0.3) is 10.8 Å². The Balaban J connectivity index is 2.31. The van der Waals surface area contributed by atoms with E-state index < -0.39 is 45.4 Å². The van der Waals surface area contributed by atoms with Crippen LogP contribution in [0.1, 0.15) is 48.5 Å². The van der Waals surface area contributed by atoms with E-state index in [0.29, 0.717) is 5.39 Å². The molecule has 33 heavy (non-hydrogen) atoms. The third-order valence-corrected chi connectivity index (χ3v) is 6.12. The summed E-state index contributed by atoms with van der Waals surface area (Å²) in [6.45, 7) is 12.0. The van der Waals surface area contributed by atoms with Gasteiger partial charge in [-0.05, 0) is 83.5 Å². The molecule has 0 heterocycles. The van der Waals surface area contributed by atoms with Gasteiger partial charge in [-0.25, -0.2) is 17.9 Å². The van der Waals surface area contributed by atoms with Crippen LogP contribution in [0.2, 0.25) is 0 Å². The lowest BCUT2D eigenvalue weighted by molar-refractivity contribution is -0.129. The van der Waals surface area contributed by atoms with E-state index >= 15 is 0 Å². The summed E-state index contributed by atoms with van der Waals surface area (Å²) in [6.07, 6.45) is -1.71. The van der Waals surface area contributed by atoms with E-state index in [4.69, 9.17) is 9.47 Å². The second kappa shape index (κ2) is 9.99. The molecule has 0 saturated carbocycles. The summed E-state index contributed by atoms with van der Waals surface area (Å²) < 4.78 is 39.8. The molecule has 2 aromatic carbocycles. The zero-order valence-corrected chi connectivity index (χ0v) is 22.3. The number of fused-ring (bicyclic) bond motifs is 1. The van der Waals surface area contributed by atoms with Crippen LogP contribution >= 0.6 is 15.9 Å². The highest BCUT2D eigenvalue weighted by molar-refractivity contribution is 9.10. The average molecular weight is 543 g/mol. The lowest BCUT2D eigenvalue weighted by Crippen LogP contribution is -2.56. The van der Waals surface area contributed by atoms with Crippen LogP contribution in [0.3, 0.4) is 0 Å². The first-order valence-electron chi connectivity index (χ1n) is 10.4. The van der Waals surface area contributed by atoms with Crippen molar-refractivity contribution in [1.82, 2.24) is 10.0 Å². The van der Waals surface area contributed by atoms with Gasteiger partial charge in [-0.1, -0.05) is 28.1 Å². The lowest BCUT2D eigenvalue weighted by atomic mass is 10.1. The van der Waals surface area contributed by atoms with Crippen molar-refractivity contribution in [1.29, 1.82) is 0 Å². The molecule has 2 rings (SSSR count). The summed E-state index contributed by atoms with van der Waals surface area (Å²) in [5, 5.41) is 3.97. The summed E-state index contributed by atoms with van der Waals surface area (Å²) in [7, 11) is -4.22. The maximum absolute atomic E-state index is 13.0. The molecule has 0 radical (unpaired) electrons.